The van der Waals surface area contributed by atoms with Gasteiger partial charge in [-0.3, -0.25) is 4.79 Å². The Kier molecular flexibility index (Phi) is 7.41. The average molecular weight is 382 g/mol. The van der Waals surface area contributed by atoms with Crippen LogP contribution in [-0.2, 0) is 6.54 Å². The molecule has 2 aromatic rings. The Morgan fingerprint density at radius 2 is 1.76 bits per heavy atom. The van der Waals surface area contributed by atoms with Gasteiger partial charge in [-0.05, 0) is 36.2 Å². The summed E-state index contributed by atoms with van der Waals surface area (Å²) in [6.45, 7) is 3.01. The Hall–Kier alpha value is -1.91. The highest BCUT2D eigenvalue weighted by Gasteiger charge is 2.14. The van der Waals surface area contributed by atoms with E-state index in [0.29, 0.717) is 34.5 Å². The fourth-order valence-corrected chi connectivity index (χ4v) is 2.77. The van der Waals surface area contributed by atoms with Gasteiger partial charge in [-0.2, -0.15) is 0 Å². The summed E-state index contributed by atoms with van der Waals surface area (Å²) in [4.78, 5) is 12.3. The number of hydrogen-bond acceptors (Lipinski definition) is 3. The van der Waals surface area contributed by atoms with Crippen molar-refractivity contribution in [3.63, 3.8) is 0 Å². The van der Waals surface area contributed by atoms with E-state index in [0.717, 1.165) is 24.2 Å². The highest BCUT2D eigenvalue weighted by Crippen LogP contribution is 2.34. The molecule has 134 valence electrons. The zero-order chi connectivity index (χ0) is 18.2. The minimum atomic E-state index is -0.250. The van der Waals surface area contributed by atoms with Gasteiger partial charge in [0, 0.05) is 12.1 Å². The average Bonchev–Trinajstić information content (AvgIpc) is 2.62. The number of amides is 1. The molecular formula is C19H21Cl2NO3. The van der Waals surface area contributed by atoms with Gasteiger partial charge in [0.25, 0.3) is 5.91 Å². The van der Waals surface area contributed by atoms with Crippen LogP contribution < -0.4 is 14.8 Å². The van der Waals surface area contributed by atoms with E-state index in [4.69, 9.17) is 32.7 Å². The largest absolute Gasteiger partial charge is 0.497 e. The summed E-state index contributed by atoms with van der Waals surface area (Å²) in [6, 6.07) is 10.6. The van der Waals surface area contributed by atoms with E-state index >= 15 is 0 Å². The van der Waals surface area contributed by atoms with E-state index in [1.807, 2.05) is 24.3 Å². The van der Waals surface area contributed by atoms with Gasteiger partial charge in [-0.15, -0.1) is 0 Å². The third-order valence-electron chi connectivity index (χ3n) is 3.62. The molecule has 1 N–H and O–H groups in total. The van der Waals surface area contributed by atoms with Crippen molar-refractivity contribution < 1.29 is 14.3 Å². The topological polar surface area (TPSA) is 47.6 Å². The Balaban J connectivity index is 2.00. The van der Waals surface area contributed by atoms with Gasteiger partial charge in [0.15, 0.2) is 5.75 Å². The number of benzene rings is 2. The van der Waals surface area contributed by atoms with Gasteiger partial charge >= 0.3 is 0 Å². The van der Waals surface area contributed by atoms with Crippen LogP contribution in [0, 0.1) is 0 Å². The first-order valence-corrected chi connectivity index (χ1v) is 8.83. The smallest absolute Gasteiger partial charge is 0.251 e. The molecule has 0 aliphatic carbocycles. The van der Waals surface area contributed by atoms with Crippen LogP contribution in [0.2, 0.25) is 10.0 Å². The molecule has 0 saturated carbocycles. The maximum Gasteiger partial charge on any atom is 0.251 e. The van der Waals surface area contributed by atoms with Gasteiger partial charge in [0.1, 0.15) is 5.75 Å². The molecule has 2 rings (SSSR count). The van der Waals surface area contributed by atoms with Crippen molar-refractivity contribution in [1.82, 2.24) is 5.32 Å². The summed E-state index contributed by atoms with van der Waals surface area (Å²) in [5.74, 6) is 0.940. The maximum atomic E-state index is 12.3. The highest BCUT2D eigenvalue weighted by atomic mass is 35.5. The molecule has 2 aromatic carbocycles. The molecule has 0 aliphatic heterocycles. The fourth-order valence-electron chi connectivity index (χ4n) is 2.18. The zero-order valence-corrected chi connectivity index (χ0v) is 15.8. The van der Waals surface area contributed by atoms with Crippen LogP contribution in [0.1, 0.15) is 35.7 Å². The maximum absolute atomic E-state index is 12.3. The molecule has 25 heavy (non-hydrogen) atoms. The fraction of sp³-hybridized carbons (Fsp3) is 0.316. The Labute approximate surface area is 158 Å². The lowest BCUT2D eigenvalue weighted by molar-refractivity contribution is 0.0951. The molecule has 1 amide bonds. The van der Waals surface area contributed by atoms with E-state index in [1.165, 1.54) is 0 Å². The number of hydrogen-bond donors (Lipinski definition) is 1. The van der Waals surface area contributed by atoms with Crippen LogP contribution in [0.25, 0.3) is 0 Å². The van der Waals surface area contributed by atoms with Crippen LogP contribution in [-0.4, -0.2) is 19.6 Å². The second-order valence-corrected chi connectivity index (χ2v) is 6.32. The molecule has 0 atom stereocenters. The SMILES string of the molecule is CCCCOc1c(Cl)cc(C(=O)NCc2ccc(OC)cc2)cc1Cl. The molecule has 0 heterocycles. The molecule has 0 saturated heterocycles. The quantitative estimate of drug-likeness (QED) is 0.646. The summed E-state index contributed by atoms with van der Waals surface area (Å²) < 4.78 is 10.7. The predicted octanol–water partition coefficient (Wildman–Crippen LogP) is 5.11. The third kappa shape index (κ3) is 5.55. The van der Waals surface area contributed by atoms with E-state index in [9.17, 15) is 4.79 Å². The highest BCUT2D eigenvalue weighted by molar-refractivity contribution is 6.37. The van der Waals surface area contributed by atoms with Gasteiger partial charge in [0.2, 0.25) is 0 Å². The first kappa shape index (κ1) is 19.4. The van der Waals surface area contributed by atoms with Crippen LogP contribution >= 0.6 is 23.2 Å². The van der Waals surface area contributed by atoms with Crippen LogP contribution in [0.15, 0.2) is 36.4 Å². The Morgan fingerprint density at radius 1 is 1.12 bits per heavy atom. The van der Waals surface area contributed by atoms with Crippen LogP contribution in [0.3, 0.4) is 0 Å². The standard InChI is InChI=1S/C19H21Cl2NO3/c1-3-4-9-25-18-16(20)10-14(11-17(18)21)19(23)22-12-13-5-7-15(24-2)8-6-13/h5-8,10-11H,3-4,9,12H2,1-2H3,(H,22,23). The molecule has 0 unspecified atom stereocenters. The van der Waals surface area contributed by atoms with Crippen LogP contribution in [0.4, 0.5) is 0 Å². The molecule has 4 nitrogen and oxygen atoms in total. The molecule has 0 aliphatic rings. The van der Waals surface area contributed by atoms with Gasteiger partial charge < -0.3 is 14.8 Å². The third-order valence-corrected chi connectivity index (χ3v) is 4.18. The number of halogens is 2. The number of unbranched alkanes of at least 4 members (excludes halogenated alkanes) is 1. The van der Waals surface area contributed by atoms with Crippen molar-refractivity contribution in [2.75, 3.05) is 13.7 Å². The number of methoxy groups -OCH3 is 1. The van der Waals surface area contributed by atoms with E-state index in [1.54, 1.807) is 19.2 Å². The van der Waals surface area contributed by atoms with E-state index < -0.39 is 0 Å². The van der Waals surface area contributed by atoms with Crippen molar-refractivity contribution in [2.45, 2.75) is 26.3 Å². The number of ether oxygens (including phenoxy) is 2. The second-order valence-electron chi connectivity index (χ2n) is 5.50. The summed E-state index contributed by atoms with van der Waals surface area (Å²) in [5, 5.41) is 3.50. The van der Waals surface area contributed by atoms with E-state index in [2.05, 4.69) is 12.2 Å². The molecule has 0 bridgehead atoms. The van der Waals surface area contributed by atoms with Gasteiger partial charge in [-0.1, -0.05) is 48.7 Å². The minimum Gasteiger partial charge on any atom is -0.497 e. The van der Waals surface area contributed by atoms with Crippen molar-refractivity contribution in [1.29, 1.82) is 0 Å². The summed E-state index contributed by atoms with van der Waals surface area (Å²) in [7, 11) is 1.61. The van der Waals surface area contributed by atoms with Crippen molar-refractivity contribution in [2.24, 2.45) is 0 Å². The number of carbonyl (C=O) groups is 1. The lowest BCUT2D eigenvalue weighted by atomic mass is 10.1. The number of nitrogens with one attached hydrogen (secondary N) is 1. The molecule has 0 aromatic heterocycles. The number of rotatable bonds is 8. The van der Waals surface area contributed by atoms with Crippen LogP contribution in [0.5, 0.6) is 11.5 Å². The van der Waals surface area contributed by atoms with Gasteiger partial charge in [0.05, 0.1) is 23.8 Å². The van der Waals surface area contributed by atoms with Crippen molar-refractivity contribution >= 4 is 29.1 Å². The molecule has 0 radical (unpaired) electrons. The summed E-state index contributed by atoms with van der Waals surface area (Å²) in [5.41, 5.74) is 1.36. The zero-order valence-electron chi connectivity index (χ0n) is 14.3. The van der Waals surface area contributed by atoms with Gasteiger partial charge in [-0.25, -0.2) is 0 Å². The molecule has 6 heteroatoms. The second kappa shape index (κ2) is 9.54. The minimum absolute atomic E-state index is 0.250. The normalized spacial score (nSPS) is 10.4. The Morgan fingerprint density at radius 3 is 2.32 bits per heavy atom. The number of carbonyl (C=O) groups excluding carboxylic acids is 1. The predicted molar refractivity (Wildman–Crippen MR) is 101 cm³/mol. The monoisotopic (exact) mass is 381 g/mol. The lowest BCUT2D eigenvalue weighted by Gasteiger charge is -2.12. The molecule has 0 spiro atoms. The Bertz CT molecular complexity index is 694. The first-order chi connectivity index (χ1) is 12.0. The molecule has 0 fully saturated rings. The van der Waals surface area contributed by atoms with Crippen molar-refractivity contribution in [3.05, 3.63) is 57.6 Å². The van der Waals surface area contributed by atoms with E-state index in [-0.39, 0.29) is 5.91 Å². The summed E-state index contributed by atoms with van der Waals surface area (Å²) in [6.07, 6.45) is 1.93. The van der Waals surface area contributed by atoms with Crippen molar-refractivity contribution in [3.8, 4) is 11.5 Å². The summed E-state index contributed by atoms with van der Waals surface area (Å²) >= 11 is 12.4. The molecular weight excluding hydrogens is 361 g/mol. The lowest BCUT2D eigenvalue weighted by Crippen LogP contribution is -2.22. The first-order valence-electron chi connectivity index (χ1n) is 8.08.